The number of esters is 1. The van der Waals surface area contributed by atoms with Crippen molar-refractivity contribution in [2.75, 3.05) is 38.0 Å². The van der Waals surface area contributed by atoms with Crippen molar-refractivity contribution in [3.8, 4) is 5.75 Å². The molecule has 30 heavy (non-hydrogen) atoms. The first-order valence-corrected chi connectivity index (χ1v) is 10.1. The Balaban J connectivity index is 1.88. The van der Waals surface area contributed by atoms with Crippen LogP contribution in [0.5, 0.6) is 5.75 Å². The molecule has 0 radical (unpaired) electrons. The molecule has 0 bridgehead atoms. The van der Waals surface area contributed by atoms with Crippen molar-refractivity contribution < 1.29 is 14.3 Å². The van der Waals surface area contributed by atoms with Gasteiger partial charge >= 0.3 is 11.8 Å². The lowest BCUT2D eigenvalue weighted by Crippen LogP contribution is -2.35. The minimum atomic E-state index is -1.37. The van der Waals surface area contributed by atoms with Crippen LogP contribution in [0.4, 0.5) is 11.4 Å². The van der Waals surface area contributed by atoms with Crippen LogP contribution >= 0.6 is 12.6 Å². The summed E-state index contributed by atoms with van der Waals surface area (Å²) in [6, 6.07) is 20.9. The van der Waals surface area contributed by atoms with Gasteiger partial charge in [0.05, 0.1) is 11.1 Å². The molecule has 4 rings (SSSR count). The van der Waals surface area contributed by atoms with Gasteiger partial charge in [-0.2, -0.15) is 0 Å². The number of hydrogen-bond acceptors (Lipinski definition) is 6. The van der Waals surface area contributed by atoms with E-state index in [9.17, 15) is 4.79 Å². The predicted octanol–water partition coefficient (Wildman–Crippen LogP) is 4.56. The van der Waals surface area contributed by atoms with E-state index in [0.717, 1.165) is 21.8 Å². The topological polar surface area (TPSA) is 42.0 Å². The molecule has 3 aromatic carbocycles. The Morgan fingerprint density at radius 3 is 2.17 bits per heavy atom. The molecule has 0 aliphatic carbocycles. The van der Waals surface area contributed by atoms with E-state index >= 15 is 0 Å². The predicted molar refractivity (Wildman–Crippen MR) is 122 cm³/mol. The van der Waals surface area contributed by atoms with Crippen LogP contribution in [-0.2, 0) is 10.5 Å². The number of benzene rings is 3. The molecule has 0 amide bonds. The molecule has 0 N–H and O–H groups in total. The number of ether oxygens (including phenoxy) is 2. The largest absolute Gasteiger partial charge is 0.444 e. The standard InChI is InChI=1S/C24H24N2O3S/c1-25(2)17-10-8-16(9-11-17)24(28-19-6-5-7-20(30)15-19)22-13-12-18(26(3)4)14-21(22)23(27)29-24/h5-15,30H,1-4H3. The number of cyclic esters (lactones) is 1. The molecule has 1 atom stereocenters. The highest BCUT2D eigenvalue weighted by atomic mass is 32.1. The zero-order valence-electron chi connectivity index (χ0n) is 17.4. The normalized spacial score (nSPS) is 17.3. The molecular weight excluding hydrogens is 396 g/mol. The van der Waals surface area contributed by atoms with Crippen LogP contribution in [0.2, 0.25) is 0 Å². The van der Waals surface area contributed by atoms with Crippen LogP contribution < -0.4 is 14.5 Å². The number of hydrogen-bond donors (Lipinski definition) is 1. The molecule has 3 aromatic rings. The lowest BCUT2D eigenvalue weighted by molar-refractivity contribution is -0.108. The number of carbonyl (C=O) groups is 1. The summed E-state index contributed by atoms with van der Waals surface area (Å²) in [7, 11) is 7.83. The maximum atomic E-state index is 12.9. The molecule has 1 aliphatic heterocycles. The van der Waals surface area contributed by atoms with Crippen LogP contribution in [0.15, 0.2) is 71.6 Å². The van der Waals surface area contributed by atoms with E-state index in [0.29, 0.717) is 16.9 Å². The average molecular weight is 421 g/mol. The Hall–Kier alpha value is -3.12. The number of nitrogens with zero attached hydrogens (tertiary/aromatic N) is 2. The van der Waals surface area contributed by atoms with Gasteiger partial charge in [0.1, 0.15) is 5.75 Å². The third-order valence-corrected chi connectivity index (χ3v) is 5.45. The Morgan fingerprint density at radius 2 is 1.53 bits per heavy atom. The summed E-state index contributed by atoms with van der Waals surface area (Å²) in [5.41, 5.74) is 3.88. The van der Waals surface area contributed by atoms with Crippen LogP contribution in [0.1, 0.15) is 21.5 Å². The van der Waals surface area contributed by atoms with Gasteiger partial charge in [-0.3, -0.25) is 0 Å². The van der Waals surface area contributed by atoms with Gasteiger partial charge in [-0.1, -0.05) is 6.07 Å². The summed E-state index contributed by atoms with van der Waals surface area (Å²) in [5, 5.41) is 0. The highest BCUT2D eigenvalue weighted by Gasteiger charge is 2.50. The van der Waals surface area contributed by atoms with Crippen molar-refractivity contribution in [3.63, 3.8) is 0 Å². The fraction of sp³-hybridized carbons (Fsp3) is 0.208. The van der Waals surface area contributed by atoms with Crippen molar-refractivity contribution in [2.45, 2.75) is 10.7 Å². The fourth-order valence-electron chi connectivity index (χ4n) is 3.55. The first-order chi connectivity index (χ1) is 14.3. The van der Waals surface area contributed by atoms with E-state index in [1.807, 2.05) is 98.7 Å². The number of thiol groups is 1. The van der Waals surface area contributed by atoms with E-state index in [1.165, 1.54) is 0 Å². The van der Waals surface area contributed by atoms with E-state index < -0.39 is 11.8 Å². The molecule has 0 saturated carbocycles. The van der Waals surface area contributed by atoms with Crippen molar-refractivity contribution in [1.29, 1.82) is 0 Å². The zero-order chi connectivity index (χ0) is 21.5. The van der Waals surface area contributed by atoms with E-state index in [2.05, 4.69) is 12.6 Å². The Bertz CT molecular complexity index is 1100. The Morgan fingerprint density at radius 1 is 0.867 bits per heavy atom. The highest BCUT2D eigenvalue weighted by molar-refractivity contribution is 7.80. The molecule has 0 spiro atoms. The number of rotatable bonds is 5. The minimum Gasteiger partial charge on any atom is -0.444 e. The second-order valence-electron chi connectivity index (χ2n) is 7.67. The number of carbonyl (C=O) groups excluding carboxylic acids is 1. The summed E-state index contributed by atoms with van der Waals surface area (Å²) in [6.45, 7) is 0. The van der Waals surface area contributed by atoms with Gasteiger partial charge in [0, 0.05) is 50.0 Å². The molecule has 154 valence electrons. The average Bonchev–Trinajstić information content (AvgIpc) is 3.00. The maximum Gasteiger partial charge on any atom is 0.342 e. The molecule has 0 saturated heterocycles. The van der Waals surface area contributed by atoms with E-state index in [1.54, 1.807) is 6.07 Å². The van der Waals surface area contributed by atoms with Crippen molar-refractivity contribution in [3.05, 3.63) is 83.4 Å². The first kappa shape index (κ1) is 20.2. The smallest absolute Gasteiger partial charge is 0.342 e. The Kier molecular flexibility index (Phi) is 5.12. The van der Waals surface area contributed by atoms with Crippen LogP contribution in [-0.4, -0.2) is 34.2 Å². The van der Waals surface area contributed by atoms with Gasteiger partial charge in [0.15, 0.2) is 0 Å². The SMILES string of the molecule is CN(C)c1ccc(C2(Oc3cccc(S)c3)OC(=O)c3cc(N(C)C)ccc32)cc1. The fourth-order valence-corrected chi connectivity index (χ4v) is 3.76. The van der Waals surface area contributed by atoms with Crippen molar-refractivity contribution in [2.24, 2.45) is 0 Å². The second-order valence-corrected chi connectivity index (χ2v) is 8.19. The van der Waals surface area contributed by atoms with Gasteiger partial charge in [-0.25, -0.2) is 4.79 Å². The lowest BCUT2D eigenvalue weighted by atomic mass is 9.94. The number of anilines is 2. The summed E-state index contributed by atoms with van der Waals surface area (Å²) in [6.07, 6.45) is 0. The van der Waals surface area contributed by atoms with Gasteiger partial charge < -0.3 is 19.3 Å². The van der Waals surface area contributed by atoms with Crippen molar-refractivity contribution >= 4 is 30.0 Å². The molecule has 0 fully saturated rings. The molecule has 0 aromatic heterocycles. The lowest BCUT2D eigenvalue weighted by Gasteiger charge is -2.30. The third-order valence-electron chi connectivity index (χ3n) is 5.17. The Labute approximate surface area is 182 Å². The number of fused-ring (bicyclic) bond motifs is 1. The quantitative estimate of drug-likeness (QED) is 0.484. The van der Waals surface area contributed by atoms with Crippen LogP contribution in [0, 0.1) is 0 Å². The highest BCUT2D eigenvalue weighted by Crippen LogP contribution is 2.45. The molecule has 1 aliphatic rings. The van der Waals surface area contributed by atoms with E-state index in [4.69, 9.17) is 9.47 Å². The maximum absolute atomic E-state index is 12.9. The summed E-state index contributed by atoms with van der Waals surface area (Å²) in [5.74, 6) is -1.21. The summed E-state index contributed by atoms with van der Waals surface area (Å²) >= 11 is 4.41. The first-order valence-electron chi connectivity index (χ1n) is 9.61. The van der Waals surface area contributed by atoms with Crippen molar-refractivity contribution in [1.82, 2.24) is 0 Å². The van der Waals surface area contributed by atoms with Gasteiger partial charge in [0.2, 0.25) is 0 Å². The summed E-state index contributed by atoms with van der Waals surface area (Å²) in [4.78, 5) is 17.6. The zero-order valence-corrected chi connectivity index (χ0v) is 18.3. The van der Waals surface area contributed by atoms with Gasteiger partial charge in [-0.15, -0.1) is 12.6 Å². The van der Waals surface area contributed by atoms with Crippen LogP contribution in [0.3, 0.4) is 0 Å². The molecular formula is C24H24N2O3S. The van der Waals surface area contributed by atoms with Gasteiger partial charge in [-0.05, 0) is 60.7 Å². The second kappa shape index (κ2) is 7.61. The molecule has 1 unspecified atom stereocenters. The van der Waals surface area contributed by atoms with E-state index in [-0.39, 0.29) is 0 Å². The summed E-state index contributed by atoms with van der Waals surface area (Å²) < 4.78 is 12.4. The molecule has 5 nitrogen and oxygen atoms in total. The third kappa shape index (κ3) is 3.48. The minimum absolute atomic E-state index is 0.410. The molecule has 6 heteroatoms. The van der Waals surface area contributed by atoms with Gasteiger partial charge in [0.25, 0.3) is 0 Å². The molecule has 1 heterocycles. The monoisotopic (exact) mass is 420 g/mol. The van der Waals surface area contributed by atoms with Crippen LogP contribution in [0.25, 0.3) is 0 Å².